The molecule has 170 valence electrons. The van der Waals surface area contributed by atoms with Gasteiger partial charge in [-0.3, -0.25) is 4.99 Å². The maximum Gasteiger partial charge on any atom is 0.427 e. The minimum atomic E-state index is 0.483. The molecule has 0 saturated heterocycles. The van der Waals surface area contributed by atoms with Crippen molar-refractivity contribution in [3.63, 3.8) is 0 Å². The largest absolute Gasteiger partial charge is 0.486 e. The predicted molar refractivity (Wildman–Crippen MR) is 134 cm³/mol. The standard InChI is InChI=1S/C26H35N4OS/c1-3-5-7-8-9-13-17-31-24-19-23-25(18-22(24)29-27)32-26(28-16-6-4-2)30(23)20-21-14-11-10-12-15-21/h10-12,14-15,18-19H,3-9,13,16-17,20H2,1-2H3/q+1/b28-26+. The summed E-state index contributed by atoms with van der Waals surface area (Å²) >= 11 is 1.64. The van der Waals surface area contributed by atoms with Gasteiger partial charge < -0.3 is 9.30 Å². The Morgan fingerprint density at radius 2 is 1.72 bits per heavy atom. The van der Waals surface area contributed by atoms with Crippen LogP contribution in [0.15, 0.2) is 47.5 Å². The Morgan fingerprint density at radius 1 is 0.969 bits per heavy atom. The number of nitrogens with zero attached hydrogens (tertiary/aromatic N) is 4. The summed E-state index contributed by atoms with van der Waals surface area (Å²) in [6, 6.07) is 14.4. The first-order valence-corrected chi connectivity index (χ1v) is 12.8. The number of ether oxygens (including phenoxy) is 1. The van der Waals surface area contributed by atoms with Gasteiger partial charge in [0, 0.05) is 12.6 Å². The normalized spacial score (nSPS) is 11.7. The molecular weight excluding hydrogens is 416 g/mol. The summed E-state index contributed by atoms with van der Waals surface area (Å²) in [7, 11) is 0. The molecule has 0 bridgehead atoms. The van der Waals surface area contributed by atoms with E-state index in [1.54, 1.807) is 11.3 Å². The van der Waals surface area contributed by atoms with Crippen LogP contribution in [0.1, 0.15) is 70.8 Å². The Kier molecular flexibility index (Phi) is 9.77. The van der Waals surface area contributed by atoms with E-state index in [-0.39, 0.29) is 0 Å². The summed E-state index contributed by atoms with van der Waals surface area (Å²) < 4.78 is 9.37. The van der Waals surface area contributed by atoms with Crippen LogP contribution in [0.2, 0.25) is 0 Å². The molecule has 0 unspecified atom stereocenters. The van der Waals surface area contributed by atoms with E-state index in [1.807, 2.05) is 18.2 Å². The van der Waals surface area contributed by atoms with Gasteiger partial charge >= 0.3 is 5.69 Å². The highest BCUT2D eigenvalue weighted by Gasteiger charge is 2.20. The average molecular weight is 452 g/mol. The van der Waals surface area contributed by atoms with Crippen molar-refractivity contribution in [1.29, 1.82) is 5.39 Å². The van der Waals surface area contributed by atoms with Crippen LogP contribution in [0, 0.1) is 5.39 Å². The Hall–Kier alpha value is -2.65. The van der Waals surface area contributed by atoms with Gasteiger partial charge in [-0.05, 0) is 18.4 Å². The van der Waals surface area contributed by atoms with Gasteiger partial charge in [0.05, 0.1) is 29.4 Å². The van der Waals surface area contributed by atoms with Crippen molar-refractivity contribution < 1.29 is 4.74 Å². The number of hydrogen-bond donors (Lipinski definition) is 0. The maximum atomic E-state index is 9.58. The van der Waals surface area contributed by atoms with Crippen LogP contribution in [-0.2, 0) is 6.54 Å². The van der Waals surface area contributed by atoms with E-state index in [2.05, 4.69) is 47.7 Å². The van der Waals surface area contributed by atoms with Gasteiger partial charge in [-0.25, -0.2) is 0 Å². The van der Waals surface area contributed by atoms with Crippen molar-refractivity contribution in [2.75, 3.05) is 13.2 Å². The first kappa shape index (κ1) is 24.0. The molecule has 3 aromatic rings. The molecule has 0 radical (unpaired) electrons. The van der Waals surface area contributed by atoms with Crippen LogP contribution >= 0.6 is 11.3 Å². The summed E-state index contributed by atoms with van der Waals surface area (Å²) in [5, 5.41) is 9.58. The number of thiazole rings is 1. The molecule has 0 N–H and O–H groups in total. The highest BCUT2D eigenvalue weighted by molar-refractivity contribution is 7.16. The Balaban J connectivity index is 1.86. The van der Waals surface area contributed by atoms with Crippen LogP contribution in [0.3, 0.4) is 0 Å². The summed E-state index contributed by atoms with van der Waals surface area (Å²) in [4.78, 5) is 9.37. The lowest BCUT2D eigenvalue weighted by Gasteiger charge is -2.08. The second-order valence-corrected chi connectivity index (χ2v) is 9.20. The zero-order valence-electron chi connectivity index (χ0n) is 19.4. The van der Waals surface area contributed by atoms with Crippen molar-refractivity contribution in [1.82, 2.24) is 4.57 Å². The van der Waals surface area contributed by atoms with Crippen molar-refractivity contribution in [2.45, 2.75) is 71.8 Å². The van der Waals surface area contributed by atoms with Gasteiger partial charge in [0.25, 0.3) is 0 Å². The third-order valence-corrected chi connectivity index (χ3v) is 6.65. The van der Waals surface area contributed by atoms with E-state index in [1.165, 1.54) is 37.7 Å². The molecule has 0 atom stereocenters. The third kappa shape index (κ3) is 6.67. The number of fused-ring (bicyclic) bond motifs is 1. The highest BCUT2D eigenvalue weighted by atomic mass is 32.1. The first-order chi connectivity index (χ1) is 15.8. The van der Waals surface area contributed by atoms with Crippen LogP contribution < -0.4 is 9.54 Å². The fraction of sp³-hybridized carbons (Fsp3) is 0.500. The molecular formula is C26H35N4OS+. The summed E-state index contributed by atoms with van der Waals surface area (Å²) in [5.74, 6) is 0.633. The van der Waals surface area contributed by atoms with E-state index in [0.717, 1.165) is 47.4 Å². The molecule has 6 heteroatoms. The number of hydrogen-bond acceptors (Lipinski definition) is 4. The lowest BCUT2D eigenvalue weighted by Crippen LogP contribution is -2.16. The second kappa shape index (κ2) is 13.0. The molecule has 3 rings (SSSR count). The molecule has 5 nitrogen and oxygen atoms in total. The predicted octanol–water partition coefficient (Wildman–Crippen LogP) is 7.68. The zero-order chi connectivity index (χ0) is 22.6. The van der Waals surface area contributed by atoms with E-state index in [9.17, 15) is 5.39 Å². The number of unbranched alkanes of at least 4 members (excludes halogenated alkanes) is 6. The molecule has 0 fully saturated rings. The smallest absolute Gasteiger partial charge is 0.427 e. The lowest BCUT2D eigenvalue weighted by molar-refractivity contribution is 0.306. The molecule has 0 aliphatic carbocycles. The average Bonchev–Trinajstić information content (AvgIpc) is 3.14. The van der Waals surface area contributed by atoms with E-state index in [4.69, 9.17) is 9.73 Å². The Bertz CT molecular complexity index is 1080. The Labute approximate surface area is 195 Å². The van der Waals surface area contributed by atoms with E-state index < -0.39 is 0 Å². The fourth-order valence-corrected chi connectivity index (χ4v) is 4.79. The number of rotatable bonds is 13. The van der Waals surface area contributed by atoms with Gasteiger partial charge in [0.1, 0.15) is 0 Å². The van der Waals surface area contributed by atoms with Gasteiger partial charge in [-0.2, -0.15) is 0 Å². The quantitative estimate of drug-likeness (QED) is 0.198. The number of aromatic nitrogens is 1. The molecule has 0 aliphatic rings. The maximum absolute atomic E-state index is 9.58. The molecule has 2 aromatic carbocycles. The molecule has 0 amide bonds. The number of benzene rings is 2. The topological polar surface area (TPSA) is 54.7 Å². The minimum Gasteiger partial charge on any atom is -0.486 e. The minimum absolute atomic E-state index is 0.483. The molecule has 0 spiro atoms. The summed E-state index contributed by atoms with van der Waals surface area (Å²) in [5.41, 5.74) is 2.78. The zero-order valence-corrected chi connectivity index (χ0v) is 20.2. The summed E-state index contributed by atoms with van der Waals surface area (Å²) in [6.07, 6.45) is 9.47. The van der Waals surface area contributed by atoms with E-state index in [0.29, 0.717) is 18.0 Å². The van der Waals surface area contributed by atoms with Gasteiger partial charge in [0.15, 0.2) is 9.78 Å². The highest BCUT2D eigenvalue weighted by Crippen LogP contribution is 2.34. The molecule has 1 heterocycles. The van der Waals surface area contributed by atoms with Crippen molar-refractivity contribution in [2.24, 2.45) is 4.99 Å². The molecule has 0 aliphatic heterocycles. The monoisotopic (exact) mass is 451 g/mol. The van der Waals surface area contributed by atoms with Crippen molar-refractivity contribution in [3.05, 3.63) is 57.8 Å². The van der Waals surface area contributed by atoms with E-state index >= 15 is 0 Å². The van der Waals surface area contributed by atoms with Crippen molar-refractivity contribution >= 4 is 27.2 Å². The van der Waals surface area contributed by atoms with Crippen LogP contribution in [0.5, 0.6) is 5.75 Å². The SMILES string of the molecule is CCCCCCCCOc1cc2c(cc1[N+]#N)s/c(=N/CCCC)n2Cc1ccccc1. The molecule has 32 heavy (non-hydrogen) atoms. The van der Waals surface area contributed by atoms with Gasteiger partial charge in [0.2, 0.25) is 11.1 Å². The second-order valence-electron chi connectivity index (χ2n) is 8.20. The molecule has 1 aromatic heterocycles. The van der Waals surface area contributed by atoms with Gasteiger partial charge in [-0.15, -0.1) is 0 Å². The van der Waals surface area contributed by atoms with Crippen LogP contribution in [-0.4, -0.2) is 17.7 Å². The van der Waals surface area contributed by atoms with Crippen molar-refractivity contribution in [3.8, 4) is 5.75 Å². The number of diazo groups is 1. The first-order valence-electron chi connectivity index (χ1n) is 12.0. The van der Waals surface area contributed by atoms with Crippen LogP contribution in [0.4, 0.5) is 5.69 Å². The summed E-state index contributed by atoms with van der Waals surface area (Å²) in [6.45, 7) is 6.61. The molecule has 0 saturated carbocycles. The third-order valence-electron chi connectivity index (χ3n) is 5.57. The van der Waals surface area contributed by atoms with Gasteiger partial charge in [-0.1, -0.05) is 94.0 Å². The lowest BCUT2D eigenvalue weighted by atomic mass is 10.1. The van der Waals surface area contributed by atoms with Crippen LogP contribution in [0.25, 0.3) is 15.2 Å². The Morgan fingerprint density at radius 3 is 2.47 bits per heavy atom. The fourth-order valence-electron chi connectivity index (χ4n) is 3.72.